The van der Waals surface area contributed by atoms with E-state index in [1.165, 1.54) is 35.6 Å². The summed E-state index contributed by atoms with van der Waals surface area (Å²) in [5.41, 5.74) is 6.22. The van der Waals surface area contributed by atoms with Crippen LogP contribution in [0.2, 0.25) is 6.32 Å². The van der Waals surface area contributed by atoms with Crippen molar-refractivity contribution in [1.82, 2.24) is 0 Å². The van der Waals surface area contributed by atoms with E-state index < -0.39 is 10.9 Å². The molecule has 0 aliphatic rings. The molecule has 0 bridgehead atoms. The summed E-state index contributed by atoms with van der Waals surface area (Å²) in [5.74, 6) is 0. The predicted octanol–water partition coefficient (Wildman–Crippen LogP) is 6.42. The summed E-state index contributed by atoms with van der Waals surface area (Å²) in [7, 11) is 0. The molecule has 3 heteroatoms. The molecule has 0 radical (unpaired) electrons. The van der Waals surface area contributed by atoms with E-state index in [4.69, 9.17) is 0 Å². The molecule has 0 saturated heterocycles. The van der Waals surface area contributed by atoms with Crippen molar-refractivity contribution in [1.29, 1.82) is 5.26 Å². The molecule has 0 fully saturated rings. The smallest absolute Gasteiger partial charge is 0.200 e. The van der Waals surface area contributed by atoms with E-state index in [0.29, 0.717) is 0 Å². The Morgan fingerprint density at radius 2 is 0.872 bits per heavy atom. The van der Waals surface area contributed by atoms with Crippen molar-refractivity contribution in [3.05, 3.63) is 163 Å². The van der Waals surface area contributed by atoms with Gasteiger partial charge in [0.2, 0.25) is 0 Å². The van der Waals surface area contributed by atoms with Gasteiger partial charge in [-0.05, 0) is 12.6 Å². The van der Waals surface area contributed by atoms with Gasteiger partial charge in [0.25, 0.3) is 4.75 Å². The highest BCUT2D eigenvalue weighted by molar-refractivity contribution is 7.60. The average Bonchev–Trinajstić information content (AvgIpc) is 3.04. The quantitative estimate of drug-likeness (QED) is 0.169. The number of nitriles is 1. The molecule has 0 heterocycles. The molecule has 0 amide bonds. The number of unbranched alkanes of at least 4 members (excludes halogenated alkanes) is 1. The zero-order valence-electron chi connectivity index (χ0n) is 22.6. The maximum atomic E-state index is 9.39. The minimum absolute atomic E-state index is 0.761. The van der Waals surface area contributed by atoms with Crippen molar-refractivity contribution < 1.29 is 0 Å². The number of rotatable bonds is 8. The molecular formula is C36H36BNS. The molecule has 5 aromatic carbocycles. The van der Waals surface area contributed by atoms with Crippen molar-refractivity contribution in [2.75, 3.05) is 0 Å². The van der Waals surface area contributed by atoms with Crippen LogP contribution in [0, 0.1) is 11.3 Å². The molecule has 39 heavy (non-hydrogen) atoms. The van der Waals surface area contributed by atoms with Gasteiger partial charge in [0.1, 0.15) is 6.07 Å². The van der Waals surface area contributed by atoms with E-state index in [9.17, 15) is 5.26 Å². The van der Waals surface area contributed by atoms with Crippen LogP contribution in [0.1, 0.15) is 30.9 Å². The summed E-state index contributed by atoms with van der Waals surface area (Å²) in [6.07, 6.45) is 2.73. The fourth-order valence-electron chi connectivity index (χ4n) is 5.60. The van der Waals surface area contributed by atoms with E-state index in [0.717, 1.165) is 11.1 Å². The van der Waals surface area contributed by atoms with Crippen molar-refractivity contribution in [3.63, 3.8) is 0 Å². The first kappa shape index (κ1) is 28.0. The normalized spacial score (nSPS) is 11.1. The minimum Gasteiger partial charge on any atom is -0.200 e. The third-order valence-corrected chi connectivity index (χ3v) is 8.37. The average molecular weight is 526 g/mol. The van der Waals surface area contributed by atoms with Crippen LogP contribution < -0.4 is 16.4 Å². The minimum atomic E-state index is -0.913. The summed E-state index contributed by atoms with van der Waals surface area (Å²) in [4.78, 5) is 0. The van der Waals surface area contributed by atoms with E-state index in [-0.39, 0.29) is 0 Å². The molecule has 0 aliphatic heterocycles. The van der Waals surface area contributed by atoms with E-state index >= 15 is 0 Å². The lowest BCUT2D eigenvalue weighted by atomic mass is 9.14. The van der Waals surface area contributed by atoms with E-state index in [2.05, 4.69) is 117 Å². The zero-order valence-corrected chi connectivity index (χ0v) is 23.6. The fraction of sp³-hybridized carbons (Fsp3) is 0.139. The maximum Gasteiger partial charge on any atom is 0.258 e. The number of benzene rings is 5. The van der Waals surface area contributed by atoms with Gasteiger partial charge in [-0.15, -0.1) is 0 Å². The van der Waals surface area contributed by atoms with Gasteiger partial charge in [-0.1, -0.05) is 171 Å². The lowest BCUT2D eigenvalue weighted by molar-refractivity contribution is 0.874. The fourth-order valence-corrected chi connectivity index (χ4v) is 5.94. The molecule has 0 aromatic heterocycles. The lowest BCUT2D eigenvalue weighted by Crippen LogP contribution is -2.66. The van der Waals surface area contributed by atoms with Crippen LogP contribution in [0.5, 0.6) is 0 Å². The van der Waals surface area contributed by atoms with Gasteiger partial charge in [-0.2, -0.15) is 28.0 Å². The maximum absolute atomic E-state index is 9.39. The SMILES string of the molecule is CCCC[B-](c1ccccc1)(c1ccccc1)c1ccccc1.N#CC([SH2+])(c1ccccc1)c1ccccc1. The summed E-state index contributed by atoms with van der Waals surface area (Å²) < 4.78 is -0.761. The molecule has 5 aromatic rings. The monoisotopic (exact) mass is 525 g/mol. The second-order valence-corrected chi connectivity index (χ2v) is 10.8. The third-order valence-electron chi connectivity index (χ3n) is 7.68. The first-order chi connectivity index (χ1) is 19.1. The van der Waals surface area contributed by atoms with Gasteiger partial charge in [0.15, 0.2) is 0 Å². The van der Waals surface area contributed by atoms with Gasteiger partial charge in [-0.25, -0.2) is 0 Å². The largest absolute Gasteiger partial charge is 0.258 e. The third kappa shape index (κ3) is 6.36. The van der Waals surface area contributed by atoms with Gasteiger partial charge < -0.3 is 0 Å². The topological polar surface area (TPSA) is 23.8 Å². The first-order valence-corrected chi connectivity index (χ1v) is 14.3. The second-order valence-electron chi connectivity index (χ2n) is 10.0. The zero-order chi connectivity index (χ0) is 27.4. The van der Waals surface area contributed by atoms with Gasteiger partial charge >= 0.3 is 0 Å². The Morgan fingerprint density at radius 3 is 1.15 bits per heavy atom. The Labute approximate surface area is 239 Å². The van der Waals surface area contributed by atoms with E-state index in [1.807, 2.05) is 60.7 Å². The molecule has 5 rings (SSSR count). The highest BCUT2D eigenvalue weighted by Gasteiger charge is 2.36. The van der Waals surface area contributed by atoms with Crippen LogP contribution in [0.3, 0.4) is 0 Å². The summed E-state index contributed by atoms with van der Waals surface area (Å²) in [6, 6.07) is 54.9. The Hall–Kier alpha value is -4.00. The highest BCUT2D eigenvalue weighted by Crippen LogP contribution is 2.29. The Bertz CT molecular complexity index is 1300. The van der Waals surface area contributed by atoms with Crippen molar-refractivity contribution >= 4 is 35.2 Å². The summed E-state index contributed by atoms with van der Waals surface area (Å²) >= 11 is 3.60. The van der Waals surface area contributed by atoms with Crippen molar-refractivity contribution in [2.24, 2.45) is 0 Å². The molecule has 1 nitrogen and oxygen atoms in total. The van der Waals surface area contributed by atoms with Crippen LogP contribution in [-0.4, -0.2) is 6.15 Å². The molecule has 0 saturated carbocycles. The van der Waals surface area contributed by atoms with Crippen LogP contribution in [0.4, 0.5) is 0 Å². The first-order valence-electron chi connectivity index (χ1n) is 13.8. The lowest BCUT2D eigenvalue weighted by Gasteiger charge is -2.43. The van der Waals surface area contributed by atoms with E-state index in [1.54, 1.807) is 0 Å². The Balaban J connectivity index is 0.000000193. The molecule has 0 spiro atoms. The molecule has 0 atom stereocenters. The van der Waals surface area contributed by atoms with Gasteiger partial charge in [-0.3, -0.25) is 0 Å². The van der Waals surface area contributed by atoms with Crippen LogP contribution in [0.25, 0.3) is 0 Å². The molecule has 0 N–H and O–H groups in total. The molecular weight excluding hydrogens is 489 g/mol. The van der Waals surface area contributed by atoms with Crippen LogP contribution >= 0.6 is 0 Å². The van der Waals surface area contributed by atoms with Gasteiger partial charge in [0.05, 0.1) is 6.15 Å². The summed E-state index contributed by atoms with van der Waals surface area (Å²) in [6.45, 7) is 2.28. The predicted molar refractivity (Wildman–Crippen MR) is 173 cm³/mol. The van der Waals surface area contributed by atoms with Crippen molar-refractivity contribution in [2.45, 2.75) is 30.8 Å². The second kappa shape index (κ2) is 13.7. The Morgan fingerprint density at radius 1 is 0.564 bits per heavy atom. The number of nitrogens with zero attached hydrogens (tertiary/aromatic N) is 1. The number of hydrogen-bond donors (Lipinski definition) is 0. The molecule has 0 unspecified atom stereocenters. The van der Waals surface area contributed by atoms with Crippen molar-refractivity contribution in [3.8, 4) is 6.07 Å². The molecule has 0 aliphatic carbocycles. The number of hydrogen-bond acceptors (Lipinski definition) is 1. The van der Waals surface area contributed by atoms with Crippen LogP contribution in [-0.2, 0) is 17.4 Å². The Kier molecular flexibility index (Phi) is 9.84. The summed E-state index contributed by atoms with van der Waals surface area (Å²) in [5, 5.41) is 9.39. The van der Waals surface area contributed by atoms with Gasteiger partial charge in [0, 0.05) is 11.1 Å². The standard InChI is InChI=1S/C22H24B.C14H11NS/c1-2-3-19-23(20-13-7-4-8-14-20,21-15-9-5-10-16-21)22-17-11-6-12-18-22;15-11-14(16,12-7-3-1-4-8-12)13-9-5-2-6-10-13/h4-18H,2-3,19H2,1H3;1-10,16H/q-1;/p+1. The van der Waals surface area contributed by atoms with Crippen LogP contribution in [0.15, 0.2) is 152 Å². The molecule has 194 valence electrons. The highest BCUT2D eigenvalue weighted by atomic mass is 32.1.